The van der Waals surface area contributed by atoms with Crippen LogP contribution in [0.15, 0.2) is 24.3 Å². The number of nitrogens with two attached hydrogens (primary N) is 1. The van der Waals surface area contributed by atoms with E-state index in [-0.39, 0.29) is 0 Å². The Balaban J connectivity index is 2.29. The van der Waals surface area contributed by atoms with E-state index < -0.39 is 0 Å². The molecule has 1 fully saturated rings. The van der Waals surface area contributed by atoms with Crippen LogP contribution in [0.1, 0.15) is 26.7 Å². The second kappa shape index (κ2) is 3.52. The molecule has 0 aromatic heterocycles. The normalized spacial score (nSPS) is 26.9. The third kappa shape index (κ3) is 1.57. The highest BCUT2D eigenvalue weighted by Crippen LogP contribution is 2.30. The Morgan fingerprint density at radius 3 is 2.43 bits per heavy atom. The molecule has 1 saturated heterocycles. The lowest BCUT2D eigenvalue weighted by molar-refractivity contribution is 0.694. The molecule has 2 N–H and O–H groups in total. The molecule has 0 radical (unpaired) electrons. The fourth-order valence-electron chi connectivity index (χ4n) is 2.39. The molecule has 2 heteroatoms. The van der Waals surface area contributed by atoms with E-state index in [0.29, 0.717) is 12.1 Å². The van der Waals surface area contributed by atoms with E-state index in [2.05, 4.69) is 30.9 Å². The summed E-state index contributed by atoms with van der Waals surface area (Å²) in [5, 5.41) is 0. The van der Waals surface area contributed by atoms with Gasteiger partial charge in [0.15, 0.2) is 0 Å². The molecule has 76 valence electrons. The third-order valence-corrected chi connectivity index (χ3v) is 3.12. The lowest BCUT2D eigenvalue weighted by Gasteiger charge is -2.28. The largest absolute Gasteiger partial charge is 0.399 e. The van der Waals surface area contributed by atoms with Crippen LogP contribution in [0.3, 0.4) is 0 Å². The van der Waals surface area contributed by atoms with Crippen LogP contribution >= 0.6 is 0 Å². The summed E-state index contributed by atoms with van der Waals surface area (Å²) in [5.74, 6) is 0. The zero-order chi connectivity index (χ0) is 10.1. The molecule has 1 aromatic carbocycles. The molecule has 0 saturated carbocycles. The first kappa shape index (κ1) is 9.38. The van der Waals surface area contributed by atoms with Crippen LogP contribution in [0.25, 0.3) is 0 Å². The van der Waals surface area contributed by atoms with E-state index >= 15 is 0 Å². The van der Waals surface area contributed by atoms with Gasteiger partial charge in [-0.15, -0.1) is 0 Å². The van der Waals surface area contributed by atoms with Gasteiger partial charge in [0.25, 0.3) is 0 Å². The van der Waals surface area contributed by atoms with Crippen molar-refractivity contribution in [3.05, 3.63) is 24.3 Å². The standard InChI is InChI=1S/C12H18N2/c1-9-6-7-10(2)14(9)12-5-3-4-11(13)8-12/h3-5,8-10H,6-7,13H2,1-2H3/t9-,10+. The Labute approximate surface area is 85.7 Å². The maximum atomic E-state index is 5.79. The fraction of sp³-hybridized carbons (Fsp3) is 0.500. The van der Waals surface area contributed by atoms with Crippen molar-refractivity contribution >= 4 is 11.4 Å². The van der Waals surface area contributed by atoms with E-state index in [9.17, 15) is 0 Å². The highest BCUT2D eigenvalue weighted by Gasteiger charge is 2.27. The summed E-state index contributed by atoms with van der Waals surface area (Å²) in [7, 11) is 0. The number of nitrogen functional groups attached to an aromatic ring is 1. The summed E-state index contributed by atoms with van der Waals surface area (Å²) in [5.41, 5.74) is 7.91. The first-order chi connectivity index (χ1) is 6.68. The topological polar surface area (TPSA) is 29.3 Å². The Morgan fingerprint density at radius 1 is 1.21 bits per heavy atom. The van der Waals surface area contributed by atoms with Crippen LogP contribution in [0.2, 0.25) is 0 Å². The smallest absolute Gasteiger partial charge is 0.0391 e. The summed E-state index contributed by atoms with van der Waals surface area (Å²) < 4.78 is 0. The van der Waals surface area contributed by atoms with Crippen LogP contribution in [-0.4, -0.2) is 12.1 Å². The quantitative estimate of drug-likeness (QED) is 0.690. The minimum atomic E-state index is 0.645. The van der Waals surface area contributed by atoms with Crippen molar-refractivity contribution in [2.45, 2.75) is 38.8 Å². The maximum Gasteiger partial charge on any atom is 0.0391 e. The van der Waals surface area contributed by atoms with Gasteiger partial charge in [-0.2, -0.15) is 0 Å². The fourth-order valence-corrected chi connectivity index (χ4v) is 2.39. The van der Waals surface area contributed by atoms with Gasteiger partial charge in [0.2, 0.25) is 0 Å². The van der Waals surface area contributed by atoms with Crippen molar-refractivity contribution in [1.82, 2.24) is 0 Å². The molecule has 0 spiro atoms. The Bertz CT molecular complexity index is 312. The van der Waals surface area contributed by atoms with Crippen molar-refractivity contribution in [3.8, 4) is 0 Å². The molecule has 1 aliphatic heterocycles. The lowest BCUT2D eigenvalue weighted by atomic mass is 10.2. The molecule has 0 amide bonds. The first-order valence-electron chi connectivity index (χ1n) is 5.32. The van der Waals surface area contributed by atoms with Crippen molar-refractivity contribution in [2.75, 3.05) is 10.6 Å². The minimum Gasteiger partial charge on any atom is -0.399 e. The van der Waals surface area contributed by atoms with E-state index in [1.807, 2.05) is 12.1 Å². The van der Waals surface area contributed by atoms with Gasteiger partial charge >= 0.3 is 0 Å². The molecule has 0 bridgehead atoms. The molecule has 2 nitrogen and oxygen atoms in total. The first-order valence-corrected chi connectivity index (χ1v) is 5.32. The van der Waals surface area contributed by atoms with Crippen LogP contribution in [-0.2, 0) is 0 Å². The lowest BCUT2D eigenvalue weighted by Crippen LogP contribution is -2.32. The average molecular weight is 190 g/mol. The van der Waals surface area contributed by atoms with Crippen LogP contribution in [0.4, 0.5) is 11.4 Å². The Hall–Kier alpha value is -1.18. The van der Waals surface area contributed by atoms with Gasteiger partial charge in [-0.05, 0) is 44.9 Å². The van der Waals surface area contributed by atoms with Gasteiger partial charge in [-0.25, -0.2) is 0 Å². The summed E-state index contributed by atoms with van der Waals surface area (Å²) >= 11 is 0. The monoisotopic (exact) mass is 190 g/mol. The Kier molecular flexibility index (Phi) is 2.36. The zero-order valence-electron chi connectivity index (χ0n) is 8.90. The highest BCUT2D eigenvalue weighted by atomic mass is 15.2. The molecule has 0 unspecified atom stereocenters. The second-order valence-electron chi connectivity index (χ2n) is 4.28. The van der Waals surface area contributed by atoms with Gasteiger partial charge in [-0.3, -0.25) is 0 Å². The third-order valence-electron chi connectivity index (χ3n) is 3.12. The van der Waals surface area contributed by atoms with E-state index in [4.69, 9.17) is 5.73 Å². The molecule has 1 aromatic rings. The molecule has 14 heavy (non-hydrogen) atoms. The van der Waals surface area contributed by atoms with Gasteiger partial charge in [-0.1, -0.05) is 6.07 Å². The van der Waals surface area contributed by atoms with Gasteiger partial charge < -0.3 is 10.6 Å². The second-order valence-corrected chi connectivity index (χ2v) is 4.28. The van der Waals surface area contributed by atoms with Crippen LogP contribution in [0.5, 0.6) is 0 Å². The molecule has 1 aliphatic rings. The number of rotatable bonds is 1. The zero-order valence-corrected chi connectivity index (χ0v) is 8.90. The number of nitrogens with zero attached hydrogens (tertiary/aromatic N) is 1. The molecule has 2 rings (SSSR count). The minimum absolute atomic E-state index is 0.645. The molecular formula is C12H18N2. The van der Waals surface area contributed by atoms with Gasteiger partial charge in [0.1, 0.15) is 0 Å². The van der Waals surface area contributed by atoms with Crippen molar-refractivity contribution < 1.29 is 0 Å². The van der Waals surface area contributed by atoms with Crippen molar-refractivity contribution in [1.29, 1.82) is 0 Å². The molecule has 1 heterocycles. The predicted octanol–water partition coefficient (Wildman–Crippen LogP) is 2.65. The predicted molar refractivity (Wildman–Crippen MR) is 61.5 cm³/mol. The van der Waals surface area contributed by atoms with Gasteiger partial charge in [0, 0.05) is 23.5 Å². The van der Waals surface area contributed by atoms with E-state index in [1.165, 1.54) is 18.5 Å². The summed E-state index contributed by atoms with van der Waals surface area (Å²) in [4.78, 5) is 2.47. The maximum absolute atomic E-state index is 5.79. The number of benzene rings is 1. The molecule has 0 aliphatic carbocycles. The van der Waals surface area contributed by atoms with Crippen LogP contribution < -0.4 is 10.6 Å². The van der Waals surface area contributed by atoms with E-state index in [1.54, 1.807) is 0 Å². The summed E-state index contributed by atoms with van der Waals surface area (Å²) in [6, 6.07) is 9.48. The van der Waals surface area contributed by atoms with Crippen molar-refractivity contribution in [2.24, 2.45) is 0 Å². The van der Waals surface area contributed by atoms with Crippen molar-refractivity contribution in [3.63, 3.8) is 0 Å². The molecular weight excluding hydrogens is 172 g/mol. The summed E-state index contributed by atoms with van der Waals surface area (Å²) in [6.07, 6.45) is 2.58. The average Bonchev–Trinajstić information content (AvgIpc) is 2.46. The summed E-state index contributed by atoms with van der Waals surface area (Å²) in [6.45, 7) is 4.57. The van der Waals surface area contributed by atoms with Gasteiger partial charge in [0.05, 0.1) is 0 Å². The molecule has 2 atom stereocenters. The number of hydrogen-bond acceptors (Lipinski definition) is 2. The van der Waals surface area contributed by atoms with E-state index in [0.717, 1.165) is 5.69 Å². The van der Waals surface area contributed by atoms with Crippen LogP contribution in [0, 0.1) is 0 Å². The Morgan fingerprint density at radius 2 is 1.86 bits per heavy atom. The number of hydrogen-bond donors (Lipinski definition) is 1. The SMILES string of the molecule is C[C@@H]1CC[C@H](C)N1c1cccc(N)c1. The number of anilines is 2. The highest BCUT2D eigenvalue weighted by molar-refractivity contribution is 5.57.